The number of allylic oxidation sites excluding steroid dienone is 1. The van der Waals surface area contributed by atoms with E-state index in [0.29, 0.717) is 5.92 Å². The van der Waals surface area contributed by atoms with Crippen LogP contribution in [0, 0.1) is 11.5 Å². The molecule has 232 valence electrons. The van der Waals surface area contributed by atoms with Gasteiger partial charge in [0.15, 0.2) is 0 Å². The molecule has 7 aromatic rings. The van der Waals surface area contributed by atoms with Crippen molar-refractivity contribution in [1.29, 1.82) is 0 Å². The molecule has 48 heavy (non-hydrogen) atoms. The Morgan fingerprint density at radius 3 is 1.83 bits per heavy atom. The van der Waals surface area contributed by atoms with Crippen molar-refractivity contribution in [1.82, 2.24) is 0 Å². The first-order chi connectivity index (χ1) is 23.8. The van der Waals surface area contributed by atoms with Gasteiger partial charge >= 0.3 is 0 Å². The Bertz CT molecular complexity index is 2280. The van der Waals surface area contributed by atoms with Crippen LogP contribution in [0.4, 0.5) is 0 Å². The van der Waals surface area contributed by atoms with Crippen LogP contribution in [0.15, 0.2) is 138 Å². The summed E-state index contributed by atoms with van der Waals surface area (Å²) in [5.74, 6) is 5.67. The summed E-state index contributed by atoms with van der Waals surface area (Å²) in [6, 6.07) is 47.1. The van der Waals surface area contributed by atoms with Gasteiger partial charge < -0.3 is 4.42 Å². The molecule has 9 rings (SSSR count). The molecule has 0 bridgehead atoms. The molecule has 1 nitrogen and oxygen atoms in total. The van der Waals surface area contributed by atoms with Crippen LogP contribution in [0.3, 0.4) is 0 Å². The molecule has 1 fully saturated rings. The Labute approximate surface area is 284 Å². The zero-order chi connectivity index (χ0) is 31.9. The molecule has 0 atom stereocenters. The molecule has 0 saturated heterocycles. The largest absolute Gasteiger partial charge is 0.460 e. The highest BCUT2D eigenvalue weighted by Gasteiger charge is 2.39. The zero-order valence-electron chi connectivity index (χ0n) is 27.2. The Balaban J connectivity index is 1.36. The molecule has 2 aliphatic carbocycles. The van der Waals surface area contributed by atoms with Gasteiger partial charge in [-0.25, -0.2) is 0 Å². The maximum absolute atomic E-state index is 6.38. The summed E-state index contributed by atoms with van der Waals surface area (Å²) in [7, 11) is -2.89. The number of hydrogen-bond donors (Lipinski definition) is 0. The van der Waals surface area contributed by atoms with E-state index in [2.05, 4.69) is 151 Å². The SMILES string of the molecule is C(#C[Si](c1ccccc1)(c1ccccc1)c1ccc2oc3c(c2c1)C=CCC3)c1c2ccccc2c(C2CCCCC2)c2ccccc12. The fraction of sp³-hybridized carbons (Fsp3) is 0.174. The second-order valence-electron chi connectivity index (χ2n) is 13.5. The van der Waals surface area contributed by atoms with E-state index in [1.54, 1.807) is 0 Å². The Kier molecular flexibility index (Phi) is 7.37. The normalized spacial score (nSPS) is 15.0. The molecule has 0 N–H and O–H groups in total. The van der Waals surface area contributed by atoms with E-state index in [1.165, 1.54) is 85.7 Å². The van der Waals surface area contributed by atoms with Crippen LogP contribution in [0.1, 0.15) is 66.9 Å². The van der Waals surface area contributed by atoms with E-state index in [-0.39, 0.29) is 0 Å². The lowest BCUT2D eigenvalue weighted by Crippen LogP contribution is -2.66. The van der Waals surface area contributed by atoms with Crippen LogP contribution in [-0.4, -0.2) is 8.07 Å². The quantitative estimate of drug-likeness (QED) is 0.0813. The number of benzene rings is 6. The molecule has 0 spiro atoms. The van der Waals surface area contributed by atoms with Crippen molar-refractivity contribution in [3.8, 4) is 11.5 Å². The maximum atomic E-state index is 6.38. The van der Waals surface area contributed by atoms with E-state index < -0.39 is 8.07 Å². The second-order valence-corrected chi connectivity index (χ2v) is 17.0. The number of furan rings is 1. The van der Waals surface area contributed by atoms with Gasteiger partial charge in [-0.15, -0.1) is 5.54 Å². The molecule has 1 aromatic heterocycles. The van der Waals surface area contributed by atoms with E-state index in [1.807, 2.05) is 0 Å². The van der Waals surface area contributed by atoms with Crippen molar-refractivity contribution in [3.05, 3.63) is 156 Å². The van der Waals surface area contributed by atoms with Crippen LogP contribution >= 0.6 is 0 Å². The Morgan fingerprint density at radius 1 is 0.583 bits per heavy atom. The van der Waals surface area contributed by atoms with Crippen LogP contribution in [0.2, 0.25) is 0 Å². The highest BCUT2D eigenvalue weighted by Crippen LogP contribution is 2.42. The summed E-state index contributed by atoms with van der Waals surface area (Å²) in [4.78, 5) is 0. The third kappa shape index (κ3) is 4.76. The van der Waals surface area contributed by atoms with Crippen molar-refractivity contribution >= 4 is 62.2 Å². The second kappa shape index (κ2) is 12.2. The lowest BCUT2D eigenvalue weighted by molar-refractivity contribution is 0.447. The zero-order valence-corrected chi connectivity index (χ0v) is 28.2. The van der Waals surface area contributed by atoms with Crippen molar-refractivity contribution in [3.63, 3.8) is 0 Å². The van der Waals surface area contributed by atoms with Gasteiger partial charge in [0.25, 0.3) is 0 Å². The molecule has 1 heterocycles. The summed E-state index contributed by atoms with van der Waals surface area (Å²) in [5, 5.41) is 10.4. The summed E-state index contributed by atoms with van der Waals surface area (Å²) >= 11 is 0. The van der Waals surface area contributed by atoms with Gasteiger partial charge in [0, 0.05) is 22.9 Å². The van der Waals surface area contributed by atoms with Crippen molar-refractivity contribution < 1.29 is 4.42 Å². The average molecular weight is 635 g/mol. The van der Waals surface area contributed by atoms with Gasteiger partial charge in [-0.3, -0.25) is 0 Å². The highest BCUT2D eigenvalue weighted by atomic mass is 28.3. The molecule has 6 aromatic carbocycles. The first kappa shape index (κ1) is 29.1. The number of fused-ring (bicyclic) bond motifs is 5. The average Bonchev–Trinajstić information content (AvgIpc) is 3.54. The fourth-order valence-electron chi connectivity index (χ4n) is 8.56. The monoisotopic (exact) mass is 634 g/mol. The van der Waals surface area contributed by atoms with Gasteiger partial charge in [0.2, 0.25) is 8.07 Å². The van der Waals surface area contributed by atoms with Gasteiger partial charge in [0.1, 0.15) is 11.3 Å². The maximum Gasteiger partial charge on any atom is 0.230 e. The molecular formula is C46H38OSi. The van der Waals surface area contributed by atoms with E-state index >= 15 is 0 Å². The molecular weight excluding hydrogens is 597 g/mol. The predicted octanol–water partition coefficient (Wildman–Crippen LogP) is 9.81. The van der Waals surface area contributed by atoms with E-state index in [9.17, 15) is 0 Å². The summed E-state index contributed by atoms with van der Waals surface area (Å²) < 4.78 is 6.38. The van der Waals surface area contributed by atoms with Crippen molar-refractivity contribution in [2.45, 2.75) is 50.9 Å². The predicted molar refractivity (Wildman–Crippen MR) is 205 cm³/mol. The van der Waals surface area contributed by atoms with Gasteiger partial charge in [-0.1, -0.05) is 153 Å². The Morgan fingerprint density at radius 2 is 1.19 bits per heavy atom. The molecule has 1 saturated carbocycles. The van der Waals surface area contributed by atoms with Crippen LogP contribution in [0.25, 0.3) is 38.6 Å². The van der Waals surface area contributed by atoms with Crippen LogP contribution in [0.5, 0.6) is 0 Å². The third-order valence-electron chi connectivity index (χ3n) is 10.8. The minimum absolute atomic E-state index is 0.597. The molecule has 0 unspecified atom stereocenters. The Hall–Kier alpha value is -5.10. The fourth-order valence-corrected chi connectivity index (χ4v) is 12.4. The van der Waals surface area contributed by atoms with Crippen LogP contribution < -0.4 is 15.6 Å². The van der Waals surface area contributed by atoms with Crippen molar-refractivity contribution in [2.24, 2.45) is 0 Å². The van der Waals surface area contributed by atoms with Gasteiger partial charge in [-0.2, -0.15) is 0 Å². The first-order valence-electron chi connectivity index (χ1n) is 17.6. The first-order valence-corrected chi connectivity index (χ1v) is 19.6. The standard InChI is InChI=1S/C46H38OSi/c1-4-16-33(17-5-1)46-41-25-12-10-22-37(41)39(38-23-11-13-26-42(38)46)30-31-48(34-18-6-2-7-19-34,35-20-8-3-9-21-35)36-28-29-45-43(32-36)40-24-14-15-27-44(40)47-45/h2-3,6-14,18-26,28-29,32-33H,1,4-5,15-17,27H2. The lowest BCUT2D eigenvalue weighted by Gasteiger charge is -2.28. The lowest BCUT2D eigenvalue weighted by atomic mass is 9.78. The van der Waals surface area contributed by atoms with Crippen LogP contribution in [-0.2, 0) is 6.42 Å². The molecule has 0 radical (unpaired) electrons. The molecule has 0 amide bonds. The van der Waals surface area contributed by atoms with Gasteiger partial charge in [-0.05, 0) is 80.0 Å². The minimum atomic E-state index is -2.89. The summed E-state index contributed by atoms with van der Waals surface area (Å²) in [6.07, 6.45) is 13.0. The van der Waals surface area contributed by atoms with E-state index in [0.717, 1.165) is 29.7 Å². The smallest absolute Gasteiger partial charge is 0.230 e. The summed E-state index contributed by atoms with van der Waals surface area (Å²) in [5.41, 5.74) is 9.03. The molecule has 2 heteroatoms. The molecule has 0 aliphatic heterocycles. The van der Waals surface area contributed by atoms with Gasteiger partial charge in [0.05, 0.1) is 0 Å². The van der Waals surface area contributed by atoms with Crippen molar-refractivity contribution in [2.75, 3.05) is 0 Å². The highest BCUT2D eigenvalue weighted by molar-refractivity contribution is 7.17. The number of aryl methyl sites for hydroxylation is 1. The third-order valence-corrected chi connectivity index (χ3v) is 14.9. The summed E-state index contributed by atoms with van der Waals surface area (Å²) in [6.45, 7) is 0. The topological polar surface area (TPSA) is 13.1 Å². The molecule has 2 aliphatic rings. The number of rotatable bonds is 4. The minimum Gasteiger partial charge on any atom is -0.460 e. The van der Waals surface area contributed by atoms with E-state index in [4.69, 9.17) is 4.42 Å². The number of hydrogen-bond acceptors (Lipinski definition) is 1.